The number of rotatable bonds is 3. The lowest BCUT2D eigenvalue weighted by Crippen LogP contribution is -2.07. The fourth-order valence-electron chi connectivity index (χ4n) is 1.26. The minimum Gasteiger partial charge on any atom is -0.0851 e. The molecule has 0 bridgehead atoms. The summed E-state index contributed by atoms with van der Waals surface area (Å²) >= 11 is 0. The summed E-state index contributed by atoms with van der Waals surface area (Å²) in [4.78, 5) is 0. The molecule has 0 heterocycles. The molecular weight excluding hydrogens is 168 g/mol. The fraction of sp³-hybridized carbons (Fsp3) is 0.857. The van der Waals surface area contributed by atoms with E-state index in [0.717, 1.165) is 0 Å². The van der Waals surface area contributed by atoms with Crippen molar-refractivity contribution in [2.24, 2.45) is 10.8 Å². The lowest BCUT2D eigenvalue weighted by Gasteiger charge is -2.20. The van der Waals surface area contributed by atoms with Crippen LogP contribution in [0.3, 0.4) is 0 Å². The third-order valence-electron chi connectivity index (χ3n) is 2.76. The van der Waals surface area contributed by atoms with E-state index < -0.39 is 0 Å². The van der Waals surface area contributed by atoms with Crippen LogP contribution in [0.25, 0.3) is 0 Å². The Balaban J connectivity index is 3.84. The molecule has 0 N–H and O–H groups in total. The molecule has 0 atom stereocenters. The molecule has 0 heteroatoms. The van der Waals surface area contributed by atoms with Gasteiger partial charge in [-0.1, -0.05) is 53.2 Å². The van der Waals surface area contributed by atoms with E-state index >= 15 is 0 Å². The third-order valence-corrected chi connectivity index (χ3v) is 2.76. The van der Waals surface area contributed by atoms with Gasteiger partial charge in [0, 0.05) is 0 Å². The maximum Gasteiger partial charge on any atom is -0.0176 e. The Morgan fingerprint density at radius 3 is 1.86 bits per heavy atom. The van der Waals surface area contributed by atoms with E-state index in [1.165, 1.54) is 24.8 Å². The molecule has 0 radical (unpaired) electrons. The maximum absolute atomic E-state index is 2.41. The van der Waals surface area contributed by atoms with E-state index in [-0.39, 0.29) is 0 Å². The summed E-state index contributed by atoms with van der Waals surface area (Å²) in [7, 11) is 0. The van der Waals surface area contributed by atoms with E-state index in [0.29, 0.717) is 10.8 Å². The molecule has 0 rings (SSSR count). The first kappa shape index (κ1) is 13.7. The number of hydrogen-bond donors (Lipinski definition) is 0. The molecule has 0 aliphatic carbocycles. The predicted molar refractivity (Wildman–Crippen MR) is 66.5 cm³/mol. The normalized spacial score (nSPS) is 14.6. The molecular formula is C14H28. The number of allylic oxidation sites excluding steroid dienone is 2. The van der Waals surface area contributed by atoms with Crippen LogP contribution in [0.1, 0.15) is 67.7 Å². The zero-order valence-corrected chi connectivity index (χ0v) is 11.2. The van der Waals surface area contributed by atoms with Gasteiger partial charge < -0.3 is 0 Å². The van der Waals surface area contributed by atoms with Crippen LogP contribution in [-0.2, 0) is 0 Å². The fourth-order valence-corrected chi connectivity index (χ4v) is 1.26. The van der Waals surface area contributed by atoms with Crippen LogP contribution >= 0.6 is 0 Å². The zero-order chi connectivity index (χ0) is 11.4. The highest BCUT2D eigenvalue weighted by Gasteiger charge is 2.12. The van der Waals surface area contributed by atoms with Crippen molar-refractivity contribution in [2.45, 2.75) is 67.7 Å². The molecule has 0 aromatic heterocycles. The van der Waals surface area contributed by atoms with Gasteiger partial charge in [0.25, 0.3) is 0 Å². The van der Waals surface area contributed by atoms with Crippen LogP contribution < -0.4 is 0 Å². The van der Waals surface area contributed by atoms with Crippen LogP contribution in [0.15, 0.2) is 11.6 Å². The minimum atomic E-state index is 0.349. The Bertz CT molecular complexity index is 183. The maximum atomic E-state index is 2.41. The Labute approximate surface area is 90.8 Å². The van der Waals surface area contributed by atoms with E-state index in [2.05, 4.69) is 54.5 Å². The molecule has 0 fully saturated rings. The largest absolute Gasteiger partial charge is 0.0851 e. The van der Waals surface area contributed by atoms with E-state index in [1.807, 2.05) is 0 Å². The molecule has 0 saturated carbocycles. The van der Waals surface area contributed by atoms with Crippen molar-refractivity contribution < 1.29 is 0 Å². The van der Waals surface area contributed by atoms with Crippen LogP contribution in [0.5, 0.6) is 0 Å². The van der Waals surface area contributed by atoms with Gasteiger partial charge in [0.2, 0.25) is 0 Å². The minimum absolute atomic E-state index is 0.349. The standard InChI is InChI=1S/C14H28/c1-12(14(5,6)7)10-8-9-11-13(2,3)4/h10H,8-9,11H2,1-7H3/b12-10+. The van der Waals surface area contributed by atoms with Gasteiger partial charge in [0.1, 0.15) is 0 Å². The molecule has 0 aliphatic rings. The summed E-state index contributed by atoms with van der Waals surface area (Å²) in [5.41, 5.74) is 2.36. The first-order chi connectivity index (χ1) is 6.13. The molecule has 0 spiro atoms. The Morgan fingerprint density at radius 1 is 1.00 bits per heavy atom. The molecule has 0 aliphatic heterocycles. The van der Waals surface area contributed by atoms with Crippen molar-refractivity contribution in [3.05, 3.63) is 11.6 Å². The SMILES string of the molecule is C/C(=C\CCCC(C)(C)C)C(C)(C)C. The van der Waals surface area contributed by atoms with Crippen molar-refractivity contribution >= 4 is 0 Å². The van der Waals surface area contributed by atoms with E-state index in [1.54, 1.807) is 0 Å². The monoisotopic (exact) mass is 196 g/mol. The first-order valence-corrected chi connectivity index (χ1v) is 5.80. The van der Waals surface area contributed by atoms with Crippen molar-refractivity contribution in [1.82, 2.24) is 0 Å². The topological polar surface area (TPSA) is 0 Å². The molecule has 0 aromatic rings. The number of unbranched alkanes of at least 4 members (excludes halogenated alkanes) is 1. The van der Waals surface area contributed by atoms with Crippen LogP contribution in [0, 0.1) is 10.8 Å². The summed E-state index contributed by atoms with van der Waals surface area (Å²) in [6.45, 7) is 16.0. The second kappa shape index (κ2) is 5.00. The zero-order valence-electron chi connectivity index (χ0n) is 11.2. The summed E-state index contributed by atoms with van der Waals surface area (Å²) in [6.07, 6.45) is 6.28. The molecule has 0 unspecified atom stereocenters. The summed E-state index contributed by atoms with van der Waals surface area (Å²) in [5.74, 6) is 0. The van der Waals surface area contributed by atoms with Crippen LogP contribution in [0.4, 0.5) is 0 Å². The quantitative estimate of drug-likeness (QED) is 0.430. The highest BCUT2D eigenvalue weighted by Crippen LogP contribution is 2.26. The van der Waals surface area contributed by atoms with Crippen molar-refractivity contribution in [3.8, 4) is 0 Å². The van der Waals surface area contributed by atoms with Gasteiger partial charge in [-0.15, -0.1) is 0 Å². The highest BCUT2D eigenvalue weighted by atomic mass is 14.2. The molecule has 14 heavy (non-hydrogen) atoms. The van der Waals surface area contributed by atoms with E-state index in [9.17, 15) is 0 Å². The van der Waals surface area contributed by atoms with Crippen LogP contribution in [-0.4, -0.2) is 0 Å². The summed E-state index contributed by atoms with van der Waals surface area (Å²) in [5, 5.41) is 0. The van der Waals surface area contributed by atoms with Gasteiger partial charge in [0.05, 0.1) is 0 Å². The predicted octanol–water partition coefficient (Wildman–Crippen LogP) is 5.20. The Morgan fingerprint density at radius 2 is 1.50 bits per heavy atom. The van der Waals surface area contributed by atoms with Gasteiger partial charge >= 0.3 is 0 Å². The van der Waals surface area contributed by atoms with Crippen molar-refractivity contribution in [2.75, 3.05) is 0 Å². The molecule has 0 amide bonds. The Hall–Kier alpha value is -0.260. The van der Waals surface area contributed by atoms with Crippen molar-refractivity contribution in [1.29, 1.82) is 0 Å². The molecule has 0 aromatic carbocycles. The highest BCUT2D eigenvalue weighted by molar-refractivity contribution is 5.07. The van der Waals surface area contributed by atoms with E-state index in [4.69, 9.17) is 0 Å². The average Bonchev–Trinajstić information content (AvgIpc) is 1.93. The molecule has 0 nitrogen and oxygen atoms in total. The third kappa shape index (κ3) is 7.17. The smallest absolute Gasteiger partial charge is 0.0176 e. The number of hydrogen-bond acceptors (Lipinski definition) is 0. The van der Waals surface area contributed by atoms with Gasteiger partial charge in [-0.05, 0) is 37.0 Å². The Kier molecular flexibility index (Phi) is 4.91. The van der Waals surface area contributed by atoms with Gasteiger partial charge in [-0.3, -0.25) is 0 Å². The van der Waals surface area contributed by atoms with Gasteiger partial charge in [-0.25, -0.2) is 0 Å². The second-order valence-corrected chi connectivity index (χ2v) is 6.59. The van der Waals surface area contributed by atoms with Gasteiger partial charge in [-0.2, -0.15) is 0 Å². The lowest BCUT2D eigenvalue weighted by atomic mass is 9.86. The average molecular weight is 196 g/mol. The second-order valence-electron chi connectivity index (χ2n) is 6.59. The lowest BCUT2D eigenvalue weighted by molar-refractivity contribution is 0.366. The van der Waals surface area contributed by atoms with Crippen LogP contribution in [0.2, 0.25) is 0 Å². The van der Waals surface area contributed by atoms with Crippen molar-refractivity contribution in [3.63, 3.8) is 0 Å². The molecule has 0 saturated heterocycles. The summed E-state index contributed by atoms with van der Waals surface area (Å²) in [6, 6.07) is 0. The summed E-state index contributed by atoms with van der Waals surface area (Å²) < 4.78 is 0. The first-order valence-electron chi connectivity index (χ1n) is 5.80. The van der Waals surface area contributed by atoms with Gasteiger partial charge in [0.15, 0.2) is 0 Å². The molecule has 84 valence electrons.